The first-order valence-electron chi connectivity index (χ1n) is 10.6. The van der Waals surface area contributed by atoms with Crippen LogP contribution in [0.4, 0.5) is 5.69 Å². The van der Waals surface area contributed by atoms with Crippen LogP contribution in [0.15, 0.2) is 35.3 Å². The van der Waals surface area contributed by atoms with Crippen molar-refractivity contribution in [2.45, 2.75) is 33.2 Å². The molecule has 1 aliphatic heterocycles. The van der Waals surface area contributed by atoms with Gasteiger partial charge in [-0.2, -0.15) is 0 Å². The molecule has 0 amide bonds. The average molecular weight is 543 g/mol. The molecule has 1 fully saturated rings. The van der Waals surface area contributed by atoms with E-state index in [1.807, 2.05) is 7.05 Å². The molecule has 1 aliphatic rings. The largest absolute Gasteiger partial charge is 0.369 e. The SMILES string of the molecule is CN=C(NCCCCN1CCN(c2ccccc2)CC1)NCc1sc(C)nc1C.I. The van der Waals surface area contributed by atoms with Crippen LogP contribution in [0, 0.1) is 13.8 Å². The van der Waals surface area contributed by atoms with Crippen LogP contribution in [-0.2, 0) is 6.54 Å². The number of nitrogens with zero attached hydrogens (tertiary/aromatic N) is 4. The highest BCUT2D eigenvalue weighted by molar-refractivity contribution is 14.0. The molecule has 0 spiro atoms. The monoisotopic (exact) mass is 542 g/mol. The van der Waals surface area contributed by atoms with E-state index in [0.29, 0.717) is 0 Å². The lowest BCUT2D eigenvalue weighted by atomic mass is 10.2. The number of aromatic nitrogens is 1. The van der Waals surface area contributed by atoms with E-state index >= 15 is 0 Å². The van der Waals surface area contributed by atoms with Crippen molar-refractivity contribution >= 4 is 47.0 Å². The fourth-order valence-corrected chi connectivity index (χ4v) is 4.53. The van der Waals surface area contributed by atoms with Crippen molar-refractivity contribution in [2.75, 3.05) is 51.2 Å². The highest BCUT2D eigenvalue weighted by Gasteiger charge is 2.16. The molecule has 0 atom stereocenters. The first kappa shape index (κ1) is 24.9. The van der Waals surface area contributed by atoms with Crippen LogP contribution in [0.5, 0.6) is 0 Å². The van der Waals surface area contributed by atoms with E-state index in [9.17, 15) is 0 Å². The summed E-state index contributed by atoms with van der Waals surface area (Å²) in [5, 5.41) is 7.94. The van der Waals surface area contributed by atoms with Gasteiger partial charge in [0, 0.05) is 50.3 Å². The molecule has 0 bridgehead atoms. The molecule has 2 aromatic rings. The summed E-state index contributed by atoms with van der Waals surface area (Å²) in [7, 11) is 1.83. The number of rotatable bonds is 8. The zero-order valence-corrected chi connectivity index (χ0v) is 21.5. The minimum absolute atomic E-state index is 0. The molecular weight excluding hydrogens is 507 g/mol. The number of hydrogen-bond acceptors (Lipinski definition) is 5. The van der Waals surface area contributed by atoms with Gasteiger partial charge in [-0.1, -0.05) is 18.2 Å². The van der Waals surface area contributed by atoms with E-state index in [-0.39, 0.29) is 24.0 Å². The number of nitrogens with one attached hydrogen (secondary N) is 2. The topological polar surface area (TPSA) is 55.8 Å². The molecule has 3 rings (SSSR count). The second kappa shape index (κ2) is 13.1. The number of aryl methyl sites for hydroxylation is 2. The lowest BCUT2D eigenvalue weighted by Gasteiger charge is -2.36. The smallest absolute Gasteiger partial charge is 0.191 e. The average Bonchev–Trinajstić information content (AvgIpc) is 3.08. The second-order valence-electron chi connectivity index (χ2n) is 7.47. The van der Waals surface area contributed by atoms with Gasteiger partial charge in [0.25, 0.3) is 0 Å². The third-order valence-electron chi connectivity index (χ3n) is 5.33. The quantitative estimate of drug-likeness (QED) is 0.231. The maximum Gasteiger partial charge on any atom is 0.191 e. The molecule has 166 valence electrons. The maximum absolute atomic E-state index is 4.48. The van der Waals surface area contributed by atoms with E-state index in [0.717, 1.165) is 62.4 Å². The zero-order chi connectivity index (χ0) is 20.5. The van der Waals surface area contributed by atoms with Crippen LogP contribution >= 0.6 is 35.3 Å². The van der Waals surface area contributed by atoms with Crippen molar-refractivity contribution in [1.82, 2.24) is 20.5 Å². The Bertz CT molecular complexity index is 771. The zero-order valence-electron chi connectivity index (χ0n) is 18.4. The summed E-state index contributed by atoms with van der Waals surface area (Å²) < 4.78 is 0. The Kier molecular flexibility index (Phi) is 10.9. The number of piperazine rings is 1. The van der Waals surface area contributed by atoms with Crippen LogP contribution < -0.4 is 15.5 Å². The van der Waals surface area contributed by atoms with Crippen LogP contribution in [-0.4, -0.2) is 62.2 Å². The van der Waals surface area contributed by atoms with E-state index in [2.05, 4.69) is 74.6 Å². The minimum atomic E-state index is 0. The van der Waals surface area contributed by atoms with E-state index < -0.39 is 0 Å². The van der Waals surface area contributed by atoms with E-state index in [1.165, 1.54) is 23.5 Å². The van der Waals surface area contributed by atoms with Crippen molar-refractivity contribution < 1.29 is 0 Å². The first-order valence-corrected chi connectivity index (χ1v) is 11.4. The van der Waals surface area contributed by atoms with Crippen molar-refractivity contribution in [3.63, 3.8) is 0 Å². The van der Waals surface area contributed by atoms with Crippen molar-refractivity contribution in [2.24, 2.45) is 4.99 Å². The maximum atomic E-state index is 4.48. The van der Waals surface area contributed by atoms with Gasteiger partial charge in [0.1, 0.15) is 0 Å². The highest BCUT2D eigenvalue weighted by Crippen LogP contribution is 2.17. The molecule has 2 heterocycles. The summed E-state index contributed by atoms with van der Waals surface area (Å²) in [6.45, 7) is 11.6. The number of unbranched alkanes of at least 4 members (excludes halogenated alkanes) is 1. The van der Waals surface area contributed by atoms with Gasteiger partial charge in [-0.25, -0.2) is 4.98 Å². The Morgan fingerprint density at radius 1 is 1.07 bits per heavy atom. The van der Waals surface area contributed by atoms with Crippen molar-refractivity contribution in [3.05, 3.63) is 45.9 Å². The number of thiazole rings is 1. The third kappa shape index (κ3) is 7.70. The Labute approximate surface area is 202 Å². The van der Waals surface area contributed by atoms with Gasteiger partial charge in [0.15, 0.2) is 5.96 Å². The van der Waals surface area contributed by atoms with Gasteiger partial charge in [-0.05, 0) is 45.4 Å². The normalized spacial score (nSPS) is 15.0. The number of benzene rings is 1. The number of halogens is 1. The molecule has 8 heteroatoms. The Hall–Kier alpha value is -1.39. The minimum Gasteiger partial charge on any atom is -0.369 e. The summed E-state index contributed by atoms with van der Waals surface area (Å²) in [5.74, 6) is 0.868. The lowest BCUT2D eigenvalue weighted by molar-refractivity contribution is 0.253. The first-order chi connectivity index (χ1) is 14.2. The number of hydrogen-bond donors (Lipinski definition) is 2. The number of para-hydroxylation sites is 1. The molecule has 1 aromatic carbocycles. The molecule has 0 aliphatic carbocycles. The van der Waals surface area contributed by atoms with Gasteiger partial charge in [-0.15, -0.1) is 35.3 Å². The standard InChI is InChI=1S/C22H34N6S.HI/c1-18-21(29-19(2)26-18)17-25-22(23-3)24-11-7-8-12-27-13-15-28(16-14-27)20-9-5-4-6-10-20;/h4-6,9-10H,7-8,11-17H2,1-3H3,(H2,23,24,25);1H. The molecule has 1 aromatic heterocycles. The van der Waals surface area contributed by atoms with Crippen LogP contribution in [0.3, 0.4) is 0 Å². The second-order valence-corrected chi connectivity index (χ2v) is 8.75. The van der Waals surface area contributed by atoms with Gasteiger partial charge >= 0.3 is 0 Å². The Morgan fingerprint density at radius 3 is 2.43 bits per heavy atom. The van der Waals surface area contributed by atoms with Crippen molar-refractivity contribution in [3.8, 4) is 0 Å². The number of aliphatic imine (C=N–C) groups is 1. The Morgan fingerprint density at radius 2 is 1.80 bits per heavy atom. The fraction of sp³-hybridized carbons (Fsp3) is 0.545. The van der Waals surface area contributed by atoms with Gasteiger partial charge in [0.05, 0.1) is 17.2 Å². The molecule has 0 saturated carbocycles. The molecule has 0 radical (unpaired) electrons. The van der Waals surface area contributed by atoms with Crippen LogP contribution in [0.25, 0.3) is 0 Å². The molecule has 6 nitrogen and oxygen atoms in total. The summed E-state index contributed by atoms with van der Waals surface area (Å²) in [6.07, 6.45) is 2.36. The van der Waals surface area contributed by atoms with Gasteiger partial charge in [0.2, 0.25) is 0 Å². The predicted octanol–water partition coefficient (Wildman–Crippen LogP) is 3.65. The predicted molar refractivity (Wildman–Crippen MR) is 140 cm³/mol. The summed E-state index contributed by atoms with van der Waals surface area (Å²) in [6, 6.07) is 10.7. The van der Waals surface area contributed by atoms with Crippen LogP contribution in [0.2, 0.25) is 0 Å². The third-order valence-corrected chi connectivity index (χ3v) is 6.40. The summed E-state index contributed by atoms with van der Waals surface area (Å²) >= 11 is 1.75. The molecular formula is C22H35IN6S. The molecule has 2 N–H and O–H groups in total. The summed E-state index contributed by atoms with van der Waals surface area (Å²) in [5.41, 5.74) is 2.46. The fourth-order valence-electron chi connectivity index (χ4n) is 3.66. The lowest BCUT2D eigenvalue weighted by Crippen LogP contribution is -2.46. The molecule has 0 unspecified atom stereocenters. The molecule has 1 saturated heterocycles. The Balaban J connectivity index is 0.00000320. The van der Waals surface area contributed by atoms with E-state index in [4.69, 9.17) is 0 Å². The highest BCUT2D eigenvalue weighted by atomic mass is 127. The number of anilines is 1. The van der Waals surface area contributed by atoms with Crippen LogP contribution in [0.1, 0.15) is 28.4 Å². The number of guanidine groups is 1. The van der Waals surface area contributed by atoms with Gasteiger partial charge in [-0.3, -0.25) is 9.89 Å². The molecule has 30 heavy (non-hydrogen) atoms. The van der Waals surface area contributed by atoms with Gasteiger partial charge < -0.3 is 15.5 Å². The van der Waals surface area contributed by atoms with E-state index in [1.54, 1.807) is 11.3 Å². The summed E-state index contributed by atoms with van der Waals surface area (Å²) in [4.78, 5) is 15.2. The van der Waals surface area contributed by atoms with Crippen molar-refractivity contribution in [1.29, 1.82) is 0 Å².